The highest BCUT2D eigenvalue weighted by Crippen LogP contribution is 2.22. The smallest absolute Gasteiger partial charge is 0.232 e. The minimum Gasteiger partial charge on any atom is -0.346 e. The molecule has 1 amide bonds. The lowest BCUT2D eigenvalue weighted by atomic mass is 10.2. The van der Waals surface area contributed by atoms with Crippen molar-refractivity contribution in [1.82, 2.24) is 9.88 Å². The van der Waals surface area contributed by atoms with Crippen molar-refractivity contribution in [2.75, 3.05) is 36.8 Å². The van der Waals surface area contributed by atoms with E-state index in [2.05, 4.69) is 46.5 Å². The molecule has 1 fully saturated rings. The third kappa shape index (κ3) is 4.51. The second kappa shape index (κ2) is 8.03. The number of anilines is 1. The summed E-state index contributed by atoms with van der Waals surface area (Å²) in [6, 6.07) is 8.35. The molecule has 6 heteroatoms. The molecule has 2 aromatic rings. The summed E-state index contributed by atoms with van der Waals surface area (Å²) in [6.45, 7) is 7.57. The average Bonchev–Trinajstić information content (AvgIpc) is 2.86. The van der Waals surface area contributed by atoms with E-state index in [-0.39, 0.29) is 5.91 Å². The van der Waals surface area contributed by atoms with E-state index in [1.165, 1.54) is 5.56 Å². The third-order valence-corrected chi connectivity index (χ3v) is 6.13. The number of carbonyl (C=O) groups excluding carboxylic acids is 1. The summed E-state index contributed by atoms with van der Waals surface area (Å²) in [6.07, 6.45) is 1.000. The molecular weight excluding hydrogens is 338 g/mol. The van der Waals surface area contributed by atoms with E-state index >= 15 is 0 Å². The number of nitrogens with zero attached hydrogens (tertiary/aromatic N) is 3. The van der Waals surface area contributed by atoms with E-state index in [0.717, 1.165) is 48.3 Å². The Balaban J connectivity index is 1.51. The van der Waals surface area contributed by atoms with Gasteiger partial charge in [-0.1, -0.05) is 17.7 Å². The Hall–Kier alpha value is -1.53. The number of thiazole rings is 1. The van der Waals surface area contributed by atoms with Crippen LogP contribution < -0.4 is 4.90 Å². The summed E-state index contributed by atoms with van der Waals surface area (Å²) >= 11 is 3.31. The highest BCUT2D eigenvalue weighted by molar-refractivity contribution is 8.00. The van der Waals surface area contributed by atoms with E-state index < -0.39 is 0 Å². The molecule has 0 unspecified atom stereocenters. The highest BCUT2D eigenvalue weighted by atomic mass is 32.2. The summed E-state index contributed by atoms with van der Waals surface area (Å²) in [5.41, 5.74) is 2.32. The standard InChI is InChI=1S/C18H23N3OS2/c1-14-4-6-16(7-5-14)23-13-17(22)20-8-3-9-21(11-10-20)18-19-15(2)12-24-18/h4-7,12H,3,8-11,13H2,1-2H3. The van der Waals surface area contributed by atoms with Crippen LogP contribution in [0.3, 0.4) is 0 Å². The first-order valence-corrected chi connectivity index (χ1v) is 10.1. The van der Waals surface area contributed by atoms with Crippen molar-refractivity contribution in [2.24, 2.45) is 0 Å². The molecular formula is C18H23N3OS2. The van der Waals surface area contributed by atoms with Crippen LogP contribution in [0, 0.1) is 13.8 Å². The second-order valence-electron chi connectivity index (χ2n) is 6.09. The number of hydrogen-bond acceptors (Lipinski definition) is 5. The summed E-state index contributed by atoms with van der Waals surface area (Å²) < 4.78 is 0. The Kier molecular flexibility index (Phi) is 5.79. The maximum absolute atomic E-state index is 12.5. The van der Waals surface area contributed by atoms with Gasteiger partial charge in [0.05, 0.1) is 11.4 Å². The lowest BCUT2D eigenvalue weighted by molar-refractivity contribution is -0.128. The van der Waals surface area contributed by atoms with Gasteiger partial charge in [-0.15, -0.1) is 23.1 Å². The van der Waals surface area contributed by atoms with E-state index in [1.54, 1.807) is 23.1 Å². The molecule has 1 aliphatic heterocycles. The molecule has 0 atom stereocenters. The molecule has 4 nitrogen and oxygen atoms in total. The van der Waals surface area contributed by atoms with Crippen LogP contribution in [0.2, 0.25) is 0 Å². The molecule has 0 spiro atoms. The van der Waals surface area contributed by atoms with Crippen molar-refractivity contribution in [1.29, 1.82) is 0 Å². The van der Waals surface area contributed by atoms with E-state index in [9.17, 15) is 4.79 Å². The number of benzene rings is 1. The predicted molar refractivity (Wildman–Crippen MR) is 102 cm³/mol. The number of hydrogen-bond donors (Lipinski definition) is 0. The van der Waals surface area contributed by atoms with Crippen LogP contribution in [0.4, 0.5) is 5.13 Å². The van der Waals surface area contributed by atoms with Gasteiger partial charge in [0.2, 0.25) is 5.91 Å². The van der Waals surface area contributed by atoms with Gasteiger partial charge in [0.15, 0.2) is 5.13 Å². The molecule has 2 heterocycles. The van der Waals surface area contributed by atoms with Gasteiger partial charge in [0, 0.05) is 36.5 Å². The largest absolute Gasteiger partial charge is 0.346 e. The zero-order valence-electron chi connectivity index (χ0n) is 14.2. The van der Waals surface area contributed by atoms with Crippen molar-refractivity contribution >= 4 is 34.1 Å². The van der Waals surface area contributed by atoms with Crippen LogP contribution in [0.15, 0.2) is 34.5 Å². The van der Waals surface area contributed by atoms with Gasteiger partial charge in [-0.25, -0.2) is 4.98 Å². The molecule has 0 radical (unpaired) electrons. The summed E-state index contributed by atoms with van der Waals surface area (Å²) in [5.74, 6) is 0.747. The Morgan fingerprint density at radius 1 is 1.17 bits per heavy atom. The van der Waals surface area contributed by atoms with Crippen molar-refractivity contribution in [3.63, 3.8) is 0 Å². The summed E-state index contributed by atoms with van der Waals surface area (Å²) in [7, 11) is 0. The van der Waals surface area contributed by atoms with Crippen LogP contribution in [0.1, 0.15) is 17.7 Å². The third-order valence-electron chi connectivity index (χ3n) is 4.11. The Morgan fingerprint density at radius 2 is 1.96 bits per heavy atom. The topological polar surface area (TPSA) is 36.4 Å². The normalized spacial score (nSPS) is 15.4. The van der Waals surface area contributed by atoms with Gasteiger partial charge in [-0.3, -0.25) is 4.79 Å². The van der Waals surface area contributed by atoms with E-state index in [0.29, 0.717) is 5.75 Å². The molecule has 1 aromatic heterocycles. The van der Waals surface area contributed by atoms with Crippen molar-refractivity contribution < 1.29 is 4.79 Å². The van der Waals surface area contributed by atoms with Crippen LogP contribution in [-0.2, 0) is 4.79 Å². The molecule has 1 saturated heterocycles. The number of thioether (sulfide) groups is 1. The Bertz CT molecular complexity index is 684. The van der Waals surface area contributed by atoms with E-state index in [1.807, 2.05) is 11.8 Å². The minimum absolute atomic E-state index is 0.234. The first-order valence-electron chi connectivity index (χ1n) is 8.26. The van der Waals surface area contributed by atoms with Crippen molar-refractivity contribution in [2.45, 2.75) is 25.2 Å². The molecule has 3 rings (SSSR count). The molecule has 0 saturated carbocycles. The van der Waals surface area contributed by atoms with Gasteiger partial charge < -0.3 is 9.80 Å². The quantitative estimate of drug-likeness (QED) is 0.780. The highest BCUT2D eigenvalue weighted by Gasteiger charge is 2.20. The van der Waals surface area contributed by atoms with Gasteiger partial charge in [-0.05, 0) is 32.4 Å². The summed E-state index contributed by atoms with van der Waals surface area (Å²) in [4.78, 5) is 22.5. The average molecular weight is 362 g/mol. The number of rotatable bonds is 4. The maximum atomic E-state index is 12.5. The number of carbonyl (C=O) groups is 1. The monoisotopic (exact) mass is 361 g/mol. The molecule has 0 aliphatic carbocycles. The Morgan fingerprint density at radius 3 is 2.67 bits per heavy atom. The van der Waals surface area contributed by atoms with Crippen molar-refractivity contribution in [3.8, 4) is 0 Å². The lowest BCUT2D eigenvalue weighted by Crippen LogP contribution is -2.36. The summed E-state index contributed by atoms with van der Waals surface area (Å²) in [5, 5.41) is 3.16. The van der Waals surface area contributed by atoms with Crippen LogP contribution in [-0.4, -0.2) is 47.7 Å². The predicted octanol–water partition coefficient (Wildman–Crippen LogP) is 3.59. The minimum atomic E-state index is 0.234. The number of aryl methyl sites for hydroxylation is 2. The Labute approximate surface area is 151 Å². The molecule has 1 aliphatic rings. The zero-order chi connectivity index (χ0) is 16.9. The number of aromatic nitrogens is 1. The SMILES string of the molecule is Cc1ccc(SCC(=O)N2CCCN(c3nc(C)cs3)CC2)cc1. The first kappa shape index (κ1) is 17.3. The number of amides is 1. The molecule has 1 aromatic carbocycles. The van der Waals surface area contributed by atoms with Crippen LogP contribution in [0.25, 0.3) is 0 Å². The van der Waals surface area contributed by atoms with Gasteiger partial charge in [0.1, 0.15) is 0 Å². The lowest BCUT2D eigenvalue weighted by Gasteiger charge is -2.21. The van der Waals surface area contributed by atoms with Crippen LogP contribution >= 0.6 is 23.1 Å². The molecule has 24 heavy (non-hydrogen) atoms. The molecule has 128 valence electrons. The second-order valence-corrected chi connectivity index (χ2v) is 7.98. The fourth-order valence-corrected chi connectivity index (χ4v) is 4.37. The maximum Gasteiger partial charge on any atom is 0.232 e. The zero-order valence-corrected chi connectivity index (χ0v) is 15.8. The fourth-order valence-electron chi connectivity index (χ4n) is 2.72. The van der Waals surface area contributed by atoms with Crippen molar-refractivity contribution in [3.05, 3.63) is 40.9 Å². The van der Waals surface area contributed by atoms with E-state index in [4.69, 9.17) is 0 Å². The van der Waals surface area contributed by atoms with Crippen LogP contribution in [0.5, 0.6) is 0 Å². The van der Waals surface area contributed by atoms with Gasteiger partial charge in [0.25, 0.3) is 0 Å². The molecule has 0 bridgehead atoms. The molecule has 0 N–H and O–H groups in total. The van der Waals surface area contributed by atoms with Gasteiger partial charge in [-0.2, -0.15) is 0 Å². The first-order chi connectivity index (χ1) is 11.6. The fraction of sp³-hybridized carbons (Fsp3) is 0.444. The van der Waals surface area contributed by atoms with Gasteiger partial charge >= 0.3 is 0 Å².